The lowest BCUT2D eigenvalue weighted by atomic mass is 10.0. The summed E-state index contributed by atoms with van der Waals surface area (Å²) in [6.45, 7) is 0. The molecule has 1 N–H and O–H groups in total. The predicted octanol–water partition coefficient (Wildman–Crippen LogP) is 3.75. The highest BCUT2D eigenvalue weighted by Gasteiger charge is 2.36. The van der Waals surface area contributed by atoms with E-state index >= 15 is 0 Å². The molecule has 0 radical (unpaired) electrons. The van der Waals surface area contributed by atoms with E-state index in [1.54, 1.807) is 30.3 Å². The van der Waals surface area contributed by atoms with Gasteiger partial charge in [0.15, 0.2) is 0 Å². The van der Waals surface area contributed by atoms with Gasteiger partial charge in [0, 0.05) is 17.7 Å². The van der Waals surface area contributed by atoms with Crippen molar-refractivity contribution in [1.82, 2.24) is 0 Å². The molecule has 0 aromatic heterocycles. The Kier molecular flexibility index (Phi) is 4.49. The maximum Gasteiger partial charge on any atom is 0.269 e. The molecular weight excluding hydrogens is 342 g/mol. The number of hydrogen-bond donors (Lipinski definition) is 1. The number of aliphatic hydroxyl groups is 1. The minimum atomic E-state index is -0.560. The molecular formula is C18H11NO5S. The van der Waals surface area contributed by atoms with Crippen LogP contribution in [0.15, 0.2) is 65.1 Å². The molecule has 2 aromatic carbocycles. The number of carbonyl (C=O) groups is 2. The standard InChI is InChI=1S/C18H11NO5S/c20-16(12-4-2-1-3-5-12)15-17(21)14(25-18(15)22)10-11-6-8-13(9-7-11)19(23)24/h1-10,20H/b14-10-,16-15-. The molecule has 0 bridgehead atoms. The average Bonchev–Trinajstić information content (AvgIpc) is 2.89. The second-order valence-corrected chi connectivity index (χ2v) is 6.18. The number of nitro groups is 1. The van der Waals surface area contributed by atoms with Crippen LogP contribution in [0, 0.1) is 10.1 Å². The van der Waals surface area contributed by atoms with Crippen LogP contribution in [0.3, 0.4) is 0 Å². The minimum absolute atomic E-state index is 0.0639. The molecule has 2 aromatic rings. The van der Waals surface area contributed by atoms with Gasteiger partial charge in [0.05, 0.1) is 9.83 Å². The van der Waals surface area contributed by atoms with Crippen molar-refractivity contribution in [2.45, 2.75) is 0 Å². The van der Waals surface area contributed by atoms with Crippen LogP contribution in [-0.2, 0) is 9.59 Å². The number of ketones is 1. The van der Waals surface area contributed by atoms with Gasteiger partial charge in [-0.25, -0.2) is 0 Å². The third-order valence-corrected chi connectivity index (χ3v) is 4.46. The summed E-state index contributed by atoms with van der Waals surface area (Å²) in [5.41, 5.74) is 0.612. The number of nitrogens with zero attached hydrogens (tertiary/aromatic N) is 1. The van der Waals surface area contributed by atoms with Gasteiger partial charge in [-0.15, -0.1) is 0 Å². The number of carbonyl (C=O) groups excluding carboxylic acids is 2. The number of hydrogen-bond acceptors (Lipinski definition) is 6. The van der Waals surface area contributed by atoms with Crippen LogP contribution < -0.4 is 0 Å². The van der Waals surface area contributed by atoms with E-state index in [0.717, 1.165) is 11.8 Å². The van der Waals surface area contributed by atoms with Crippen molar-refractivity contribution >= 4 is 40.2 Å². The first-order valence-electron chi connectivity index (χ1n) is 7.19. The van der Waals surface area contributed by atoms with Crippen molar-refractivity contribution in [3.05, 3.63) is 86.3 Å². The van der Waals surface area contributed by atoms with Crippen molar-refractivity contribution in [2.24, 2.45) is 0 Å². The van der Waals surface area contributed by atoms with Gasteiger partial charge in [-0.05, 0) is 35.5 Å². The van der Waals surface area contributed by atoms with E-state index in [1.807, 2.05) is 0 Å². The molecule has 3 rings (SSSR count). The van der Waals surface area contributed by atoms with E-state index in [9.17, 15) is 24.8 Å². The van der Waals surface area contributed by atoms with E-state index < -0.39 is 15.8 Å². The molecule has 0 spiro atoms. The lowest BCUT2D eigenvalue weighted by Gasteiger charge is -2.01. The summed E-state index contributed by atoms with van der Waals surface area (Å²) in [7, 11) is 0. The van der Waals surface area contributed by atoms with Gasteiger partial charge in [-0.1, -0.05) is 30.3 Å². The Bertz CT molecular complexity index is 930. The zero-order chi connectivity index (χ0) is 18.0. The van der Waals surface area contributed by atoms with Crippen LogP contribution in [0.1, 0.15) is 11.1 Å². The number of allylic oxidation sites excluding steroid dienone is 1. The monoisotopic (exact) mass is 353 g/mol. The van der Waals surface area contributed by atoms with Gasteiger partial charge in [0.1, 0.15) is 11.3 Å². The van der Waals surface area contributed by atoms with E-state index in [1.165, 1.54) is 30.3 Å². The first-order valence-corrected chi connectivity index (χ1v) is 8.00. The highest BCUT2D eigenvalue weighted by molar-refractivity contribution is 8.19. The molecule has 0 atom stereocenters. The number of non-ortho nitro benzene ring substituents is 1. The van der Waals surface area contributed by atoms with Crippen molar-refractivity contribution in [1.29, 1.82) is 0 Å². The van der Waals surface area contributed by atoms with Gasteiger partial charge in [0.25, 0.3) is 5.69 Å². The fourth-order valence-electron chi connectivity index (χ4n) is 2.30. The number of thioether (sulfide) groups is 1. The number of nitro benzene ring substituents is 1. The van der Waals surface area contributed by atoms with Gasteiger partial charge in [0.2, 0.25) is 10.9 Å². The van der Waals surface area contributed by atoms with Crippen LogP contribution >= 0.6 is 11.8 Å². The van der Waals surface area contributed by atoms with Gasteiger partial charge >= 0.3 is 0 Å². The zero-order valence-electron chi connectivity index (χ0n) is 12.7. The Balaban J connectivity index is 1.95. The number of benzene rings is 2. The molecule has 0 saturated carbocycles. The smallest absolute Gasteiger partial charge is 0.269 e. The van der Waals surface area contributed by atoms with Crippen LogP contribution in [0.25, 0.3) is 11.8 Å². The predicted molar refractivity (Wildman–Crippen MR) is 94.7 cm³/mol. The molecule has 1 heterocycles. The lowest BCUT2D eigenvalue weighted by molar-refractivity contribution is -0.384. The Morgan fingerprint density at radius 3 is 2.28 bits per heavy atom. The van der Waals surface area contributed by atoms with Crippen LogP contribution in [-0.4, -0.2) is 20.9 Å². The molecule has 124 valence electrons. The molecule has 7 heteroatoms. The number of aliphatic hydroxyl groups excluding tert-OH is 1. The Morgan fingerprint density at radius 2 is 1.68 bits per heavy atom. The summed E-state index contributed by atoms with van der Waals surface area (Å²) in [5.74, 6) is -0.912. The maximum atomic E-state index is 12.5. The second kappa shape index (κ2) is 6.74. The van der Waals surface area contributed by atoms with Crippen LogP contribution in [0.5, 0.6) is 0 Å². The number of Topliss-reactive ketones (excluding diaryl/α,β-unsaturated/α-hetero) is 1. The fraction of sp³-hybridized carbons (Fsp3) is 0. The minimum Gasteiger partial charge on any atom is -0.506 e. The Labute approximate surface area is 146 Å². The summed E-state index contributed by atoms with van der Waals surface area (Å²) in [4.78, 5) is 34.9. The number of rotatable bonds is 3. The Morgan fingerprint density at radius 1 is 1.04 bits per heavy atom. The summed E-state index contributed by atoms with van der Waals surface area (Å²) in [6.07, 6.45) is 1.47. The Hall–Kier alpha value is -3.19. The van der Waals surface area contributed by atoms with E-state index in [2.05, 4.69) is 0 Å². The summed E-state index contributed by atoms with van der Waals surface area (Å²) >= 11 is 0.731. The molecule has 25 heavy (non-hydrogen) atoms. The highest BCUT2D eigenvalue weighted by Crippen LogP contribution is 2.37. The molecule has 1 saturated heterocycles. The molecule has 1 fully saturated rings. The normalized spacial score (nSPS) is 17.8. The third-order valence-electron chi connectivity index (χ3n) is 3.54. The molecule has 0 unspecified atom stereocenters. The average molecular weight is 353 g/mol. The molecule has 0 aliphatic carbocycles. The van der Waals surface area contributed by atoms with Gasteiger partial charge < -0.3 is 5.11 Å². The van der Waals surface area contributed by atoms with Crippen LogP contribution in [0.4, 0.5) is 5.69 Å². The summed E-state index contributed by atoms with van der Waals surface area (Å²) in [5, 5.41) is 20.4. The topological polar surface area (TPSA) is 97.5 Å². The summed E-state index contributed by atoms with van der Waals surface area (Å²) in [6, 6.07) is 14.0. The molecule has 1 aliphatic heterocycles. The fourth-order valence-corrected chi connectivity index (χ4v) is 3.18. The second-order valence-electron chi connectivity index (χ2n) is 5.17. The molecule has 6 nitrogen and oxygen atoms in total. The van der Waals surface area contributed by atoms with Gasteiger partial charge in [-0.2, -0.15) is 0 Å². The first-order chi connectivity index (χ1) is 12.0. The van der Waals surface area contributed by atoms with Crippen molar-refractivity contribution < 1.29 is 19.6 Å². The first kappa shape index (κ1) is 16.7. The lowest BCUT2D eigenvalue weighted by Crippen LogP contribution is -2.04. The van der Waals surface area contributed by atoms with Crippen molar-refractivity contribution in [3.8, 4) is 0 Å². The largest absolute Gasteiger partial charge is 0.506 e. The van der Waals surface area contributed by atoms with Crippen molar-refractivity contribution in [2.75, 3.05) is 0 Å². The SMILES string of the molecule is O=C1S/C(=C\c2ccc([N+](=O)[O-])cc2)C(=O)/C1=C(/O)c1ccccc1. The molecule has 1 aliphatic rings. The van der Waals surface area contributed by atoms with E-state index in [-0.39, 0.29) is 21.9 Å². The van der Waals surface area contributed by atoms with E-state index in [0.29, 0.717) is 11.1 Å². The third kappa shape index (κ3) is 3.36. The zero-order valence-corrected chi connectivity index (χ0v) is 13.5. The molecule has 0 amide bonds. The van der Waals surface area contributed by atoms with Crippen LogP contribution in [0.2, 0.25) is 0 Å². The quantitative estimate of drug-likeness (QED) is 0.297. The highest BCUT2D eigenvalue weighted by atomic mass is 32.2. The van der Waals surface area contributed by atoms with Crippen molar-refractivity contribution in [3.63, 3.8) is 0 Å². The summed E-state index contributed by atoms with van der Waals surface area (Å²) < 4.78 is 0. The van der Waals surface area contributed by atoms with E-state index in [4.69, 9.17) is 0 Å². The maximum absolute atomic E-state index is 12.5. The van der Waals surface area contributed by atoms with Gasteiger partial charge in [-0.3, -0.25) is 19.7 Å².